The van der Waals surface area contributed by atoms with Crippen molar-refractivity contribution in [2.45, 2.75) is 76.5 Å². The summed E-state index contributed by atoms with van der Waals surface area (Å²) in [6.45, 7) is 0. The molecule has 1 heterocycles. The van der Waals surface area contributed by atoms with Crippen molar-refractivity contribution in [1.82, 2.24) is 4.57 Å². The van der Waals surface area contributed by atoms with E-state index in [1.54, 1.807) is 16.8 Å². The molecule has 6 rings (SSSR count). The van der Waals surface area contributed by atoms with Gasteiger partial charge in [-0.25, -0.2) is 4.57 Å². The van der Waals surface area contributed by atoms with Gasteiger partial charge < -0.3 is 0 Å². The van der Waals surface area contributed by atoms with Crippen molar-refractivity contribution in [2.75, 3.05) is 0 Å². The zero-order valence-corrected chi connectivity index (χ0v) is 21.9. The molecule has 2 heteroatoms. The van der Waals surface area contributed by atoms with Crippen LogP contribution in [0.3, 0.4) is 0 Å². The van der Waals surface area contributed by atoms with Crippen molar-refractivity contribution in [1.29, 1.82) is 0 Å². The molecule has 2 saturated carbocycles. The quantitative estimate of drug-likeness (QED) is 0.326. The molecule has 36 heavy (non-hydrogen) atoms. The molecule has 186 valence electrons. The summed E-state index contributed by atoms with van der Waals surface area (Å²) in [5.41, 5.74) is 7.72. The van der Waals surface area contributed by atoms with Gasteiger partial charge in [-0.15, -0.1) is 0 Å². The van der Waals surface area contributed by atoms with E-state index in [-0.39, 0.29) is 0 Å². The van der Waals surface area contributed by atoms with E-state index in [1.807, 2.05) is 0 Å². The van der Waals surface area contributed by atoms with Gasteiger partial charge in [0, 0.05) is 5.92 Å². The Labute approximate surface area is 217 Å². The highest BCUT2D eigenvalue weighted by Crippen LogP contribution is 2.49. The number of aromatic nitrogens is 2. The molecule has 3 aliphatic carbocycles. The highest BCUT2D eigenvalue weighted by Gasteiger charge is 2.37. The summed E-state index contributed by atoms with van der Waals surface area (Å²) in [5, 5.41) is 0. The zero-order chi connectivity index (χ0) is 24.3. The fraction of sp³-hybridized carbons (Fsp3) is 0.441. The lowest BCUT2D eigenvalue weighted by molar-refractivity contribution is -0.659. The largest absolute Gasteiger partial charge is 0.293 e. The summed E-state index contributed by atoms with van der Waals surface area (Å²) in [6.07, 6.45) is 22.1. The highest BCUT2D eigenvalue weighted by atomic mass is 15.1. The third kappa shape index (κ3) is 4.63. The first-order valence-corrected chi connectivity index (χ1v) is 14.4. The van der Waals surface area contributed by atoms with Crippen molar-refractivity contribution in [3.05, 3.63) is 95.8 Å². The van der Waals surface area contributed by atoms with E-state index in [9.17, 15) is 0 Å². The minimum Gasteiger partial charge on any atom is -0.232 e. The van der Waals surface area contributed by atoms with Crippen molar-refractivity contribution < 1.29 is 4.57 Å². The number of nitrogens with zero attached hydrogens (tertiary/aromatic N) is 2. The van der Waals surface area contributed by atoms with E-state index >= 15 is 0 Å². The van der Waals surface area contributed by atoms with Gasteiger partial charge in [-0.2, -0.15) is 4.57 Å². The van der Waals surface area contributed by atoms with E-state index in [1.165, 1.54) is 81.2 Å². The summed E-state index contributed by atoms with van der Waals surface area (Å²) in [7, 11) is 2.21. The number of allylic oxidation sites excluding steroid dienone is 4. The molecule has 3 aliphatic rings. The minimum absolute atomic E-state index is 0.494. The third-order valence-electron chi connectivity index (χ3n) is 9.04. The van der Waals surface area contributed by atoms with Gasteiger partial charge >= 0.3 is 0 Å². The summed E-state index contributed by atoms with van der Waals surface area (Å²) < 4.78 is 4.91. The smallest absolute Gasteiger partial charge is 0.232 e. The second kappa shape index (κ2) is 10.6. The molecule has 0 N–H and O–H groups in total. The molecule has 2 nitrogen and oxygen atoms in total. The van der Waals surface area contributed by atoms with Gasteiger partial charge in [0.15, 0.2) is 0 Å². The molecular formula is C34H41N2+. The maximum absolute atomic E-state index is 2.70. The number of rotatable bonds is 5. The molecule has 0 amide bonds. The lowest BCUT2D eigenvalue weighted by Crippen LogP contribution is -2.30. The van der Waals surface area contributed by atoms with E-state index in [0.717, 1.165) is 6.42 Å². The maximum atomic E-state index is 2.70. The van der Waals surface area contributed by atoms with Crippen LogP contribution in [0.4, 0.5) is 0 Å². The van der Waals surface area contributed by atoms with Gasteiger partial charge in [-0.1, -0.05) is 93.1 Å². The number of hydrogen-bond acceptors (Lipinski definition) is 0. The first-order valence-electron chi connectivity index (χ1n) is 14.4. The molecule has 1 aromatic heterocycles. The lowest BCUT2D eigenvalue weighted by atomic mass is 9.70. The molecule has 0 bridgehead atoms. The predicted molar refractivity (Wildman–Crippen MR) is 149 cm³/mol. The zero-order valence-electron chi connectivity index (χ0n) is 21.9. The average Bonchev–Trinajstić information content (AvgIpc) is 3.35. The number of hydrogen-bond donors (Lipinski definition) is 0. The van der Waals surface area contributed by atoms with Crippen molar-refractivity contribution in [2.24, 2.45) is 18.9 Å². The van der Waals surface area contributed by atoms with E-state index in [2.05, 4.69) is 95.3 Å². The van der Waals surface area contributed by atoms with Crippen LogP contribution in [0.2, 0.25) is 0 Å². The number of aryl methyl sites for hydroxylation is 1. The minimum atomic E-state index is 0.494. The van der Waals surface area contributed by atoms with Crippen LogP contribution in [0.1, 0.15) is 82.1 Å². The van der Waals surface area contributed by atoms with Crippen molar-refractivity contribution in [3.63, 3.8) is 0 Å². The topological polar surface area (TPSA) is 8.81 Å². The van der Waals surface area contributed by atoms with Gasteiger partial charge in [-0.3, -0.25) is 0 Å². The molecule has 1 unspecified atom stereocenters. The van der Waals surface area contributed by atoms with Gasteiger partial charge in [0.2, 0.25) is 0 Å². The van der Waals surface area contributed by atoms with Crippen LogP contribution in [-0.4, -0.2) is 4.57 Å². The molecule has 0 spiro atoms. The molecule has 0 radical (unpaired) electrons. The molecule has 3 aromatic rings. The standard InChI is InChI=1S/C34H41N2/c1-35-22-23-36(34(35)29-20-12-5-13-21-29)33-31(27-16-8-3-9-17-27)24-30(26-14-6-2-7-15-26)25-32(33)28-18-10-4-11-19-28/h2,5-7,12-15,20-24,27-28,30H,3-4,8-11,16-19,25H2,1H3/q+1. The van der Waals surface area contributed by atoms with Crippen LogP contribution in [0.15, 0.2) is 90.3 Å². The van der Waals surface area contributed by atoms with E-state index in [0.29, 0.717) is 17.8 Å². The van der Waals surface area contributed by atoms with Gasteiger partial charge in [0.25, 0.3) is 5.82 Å². The van der Waals surface area contributed by atoms with E-state index in [4.69, 9.17) is 0 Å². The Morgan fingerprint density at radius 2 is 1.33 bits per heavy atom. The summed E-state index contributed by atoms with van der Waals surface area (Å²) in [4.78, 5) is 0. The second-order valence-electron chi connectivity index (χ2n) is 11.4. The van der Waals surface area contributed by atoms with Gasteiger partial charge in [-0.05, 0) is 72.8 Å². The van der Waals surface area contributed by atoms with Crippen LogP contribution in [-0.2, 0) is 7.05 Å². The first-order chi connectivity index (χ1) is 17.8. The average molecular weight is 478 g/mol. The van der Waals surface area contributed by atoms with Crippen molar-refractivity contribution in [3.8, 4) is 11.4 Å². The number of imidazole rings is 1. The van der Waals surface area contributed by atoms with Crippen LogP contribution in [0.25, 0.3) is 17.1 Å². The fourth-order valence-corrected chi connectivity index (χ4v) is 7.22. The second-order valence-corrected chi connectivity index (χ2v) is 11.4. The maximum Gasteiger partial charge on any atom is 0.293 e. The summed E-state index contributed by atoms with van der Waals surface area (Å²) in [6, 6.07) is 22.3. The Hall–Kier alpha value is -2.87. The first kappa shape index (κ1) is 23.5. The Morgan fingerprint density at radius 1 is 0.722 bits per heavy atom. The fourth-order valence-electron chi connectivity index (χ4n) is 7.22. The van der Waals surface area contributed by atoms with Crippen LogP contribution >= 0.6 is 0 Å². The lowest BCUT2D eigenvalue weighted by Gasteiger charge is -2.35. The van der Waals surface area contributed by atoms with Crippen LogP contribution < -0.4 is 4.57 Å². The third-order valence-corrected chi connectivity index (χ3v) is 9.04. The van der Waals surface area contributed by atoms with Crippen LogP contribution in [0.5, 0.6) is 0 Å². The molecule has 0 saturated heterocycles. The predicted octanol–water partition coefficient (Wildman–Crippen LogP) is 8.47. The van der Waals surface area contributed by atoms with Crippen LogP contribution in [0, 0.1) is 11.8 Å². The SMILES string of the molecule is C[n+]1ccn(C2=C(C3CCCCC3)CC(c3ccccc3)C=C2C2CCCCC2)c1-c1ccccc1. The monoisotopic (exact) mass is 477 g/mol. The Morgan fingerprint density at radius 3 is 2.00 bits per heavy atom. The van der Waals surface area contributed by atoms with Crippen molar-refractivity contribution >= 4 is 5.70 Å². The molecule has 0 aliphatic heterocycles. The molecule has 1 atom stereocenters. The molecular weight excluding hydrogens is 436 g/mol. The summed E-state index contributed by atoms with van der Waals surface area (Å²) >= 11 is 0. The van der Waals surface area contributed by atoms with E-state index < -0.39 is 0 Å². The molecule has 2 fully saturated rings. The van der Waals surface area contributed by atoms with Gasteiger partial charge in [0.1, 0.15) is 18.1 Å². The normalized spacial score (nSPS) is 22.0. The molecule has 2 aromatic carbocycles. The van der Waals surface area contributed by atoms with Gasteiger partial charge in [0.05, 0.1) is 12.6 Å². The Balaban J connectivity index is 1.55. The number of benzene rings is 2. The summed E-state index contributed by atoms with van der Waals surface area (Å²) in [5.74, 6) is 3.19. The Kier molecular flexibility index (Phi) is 6.94. The highest BCUT2D eigenvalue weighted by molar-refractivity contribution is 5.75. The Bertz CT molecular complexity index is 1220.